The highest BCUT2D eigenvalue weighted by Gasteiger charge is 2.23. The van der Waals surface area contributed by atoms with E-state index >= 15 is 0 Å². The van der Waals surface area contributed by atoms with Crippen molar-refractivity contribution in [1.29, 1.82) is 0 Å². The van der Waals surface area contributed by atoms with E-state index in [1.165, 1.54) is 4.90 Å². The van der Waals surface area contributed by atoms with E-state index in [9.17, 15) is 0 Å². The van der Waals surface area contributed by atoms with Gasteiger partial charge < -0.3 is 9.73 Å². The SMILES string of the molecule is CNC(CSc1ccoc1C)C(C)(C)C. The molecule has 1 unspecified atom stereocenters. The van der Waals surface area contributed by atoms with Gasteiger partial charge in [-0.15, -0.1) is 11.8 Å². The number of aryl methyl sites for hydroxylation is 1. The van der Waals surface area contributed by atoms with Gasteiger partial charge in [-0.3, -0.25) is 0 Å². The van der Waals surface area contributed by atoms with Crippen LogP contribution in [-0.2, 0) is 0 Å². The van der Waals surface area contributed by atoms with Gasteiger partial charge in [-0.25, -0.2) is 0 Å². The summed E-state index contributed by atoms with van der Waals surface area (Å²) in [6, 6.07) is 2.55. The lowest BCUT2D eigenvalue weighted by atomic mass is 9.88. The van der Waals surface area contributed by atoms with Crippen LogP contribution in [0.1, 0.15) is 26.5 Å². The van der Waals surface area contributed by atoms with E-state index in [0.717, 1.165) is 11.5 Å². The molecule has 0 spiro atoms. The van der Waals surface area contributed by atoms with Crippen molar-refractivity contribution in [3.63, 3.8) is 0 Å². The first-order valence-corrected chi connectivity index (χ1v) is 6.28. The standard InChI is InChI=1S/C12H21NOS/c1-9-10(6-7-14-9)15-8-11(13-5)12(2,3)4/h6-7,11,13H,8H2,1-5H3. The van der Waals surface area contributed by atoms with Crippen LogP contribution in [0.15, 0.2) is 21.6 Å². The molecular formula is C12H21NOS. The molecule has 0 radical (unpaired) electrons. The Balaban J connectivity index is 2.52. The van der Waals surface area contributed by atoms with Crippen LogP contribution < -0.4 is 5.32 Å². The van der Waals surface area contributed by atoms with Crippen LogP contribution >= 0.6 is 11.8 Å². The second-order valence-corrected chi connectivity index (χ2v) is 5.92. The third-order valence-electron chi connectivity index (χ3n) is 2.61. The number of thioether (sulfide) groups is 1. The molecule has 1 rings (SSSR count). The monoisotopic (exact) mass is 227 g/mol. The van der Waals surface area contributed by atoms with Gasteiger partial charge in [-0.1, -0.05) is 20.8 Å². The molecule has 15 heavy (non-hydrogen) atoms. The minimum absolute atomic E-state index is 0.291. The second kappa shape index (κ2) is 5.08. The van der Waals surface area contributed by atoms with Gasteiger partial charge in [-0.05, 0) is 25.5 Å². The minimum Gasteiger partial charge on any atom is -0.468 e. The van der Waals surface area contributed by atoms with E-state index in [1.54, 1.807) is 6.26 Å². The minimum atomic E-state index is 0.291. The van der Waals surface area contributed by atoms with Crippen LogP contribution in [0.2, 0.25) is 0 Å². The van der Waals surface area contributed by atoms with Crippen LogP contribution in [0.4, 0.5) is 0 Å². The van der Waals surface area contributed by atoms with Gasteiger partial charge in [0, 0.05) is 16.7 Å². The summed E-state index contributed by atoms with van der Waals surface area (Å²) >= 11 is 1.86. The summed E-state index contributed by atoms with van der Waals surface area (Å²) in [5, 5.41) is 3.37. The van der Waals surface area contributed by atoms with E-state index in [4.69, 9.17) is 4.42 Å². The summed E-state index contributed by atoms with van der Waals surface area (Å²) in [5.74, 6) is 2.09. The lowest BCUT2D eigenvalue weighted by molar-refractivity contribution is 0.305. The maximum atomic E-state index is 5.27. The number of hydrogen-bond donors (Lipinski definition) is 1. The number of nitrogens with one attached hydrogen (secondary N) is 1. The topological polar surface area (TPSA) is 25.2 Å². The molecule has 1 atom stereocenters. The van der Waals surface area contributed by atoms with Gasteiger partial charge in [0.15, 0.2) is 0 Å². The Morgan fingerprint density at radius 2 is 2.13 bits per heavy atom. The van der Waals surface area contributed by atoms with Gasteiger partial charge >= 0.3 is 0 Å². The lowest BCUT2D eigenvalue weighted by Crippen LogP contribution is -2.40. The molecule has 0 fully saturated rings. The molecule has 0 aliphatic rings. The third kappa shape index (κ3) is 3.58. The van der Waals surface area contributed by atoms with Crippen molar-refractivity contribution in [2.75, 3.05) is 12.8 Å². The quantitative estimate of drug-likeness (QED) is 0.799. The summed E-state index contributed by atoms with van der Waals surface area (Å²) in [6.07, 6.45) is 1.75. The van der Waals surface area contributed by atoms with Crippen LogP contribution in [-0.4, -0.2) is 18.8 Å². The zero-order chi connectivity index (χ0) is 11.5. The fourth-order valence-corrected chi connectivity index (χ4v) is 2.88. The number of furan rings is 1. The Hall–Kier alpha value is -0.410. The van der Waals surface area contributed by atoms with Crippen LogP contribution in [0, 0.1) is 12.3 Å². The first kappa shape index (κ1) is 12.7. The molecule has 0 saturated heterocycles. The number of rotatable bonds is 4. The Kier molecular flexibility index (Phi) is 4.29. The average molecular weight is 227 g/mol. The second-order valence-electron chi connectivity index (χ2n) is 4.86. The smallest absolute Gasteiger partial charge is 0.114 e. The molecule has 0 aliphatic heterocycles. The summed E-state index contributed by atoms with van der Waals surface area (Å²) in [7, 11) is 2.03. The molecule has 0 bridgehead atoms. The Morgan fingerprint density at radius 3 is 2.53 bits per heavy atom. The first-order valence-electron chi connectivity index (χ1n) is 5.29. The Morgan fingerprint density at radius 1 is 1.47 bits per heavy atom. The van der Waals surface area contributed by atoms with Gasteiger partial charge in [0.25, 0.3) is 0 Å². The van der Waals surface area contributed by atoms with Gasteiger partial charge in [-0.2, -0.15) is 0 Å². The van der Waals surface area contributed by atoms with E-state index < -0.39 is 0 Å². The molecule has 1 heterocycles. The molecule has 1 aromatic heterocycles. The van der Waals surface area contributed by atoms with Gasteiger partial charge in [0.1, 0.15) is 5.76 Å². The van der Waals surface area contributed by atoms with Crippen molar-refractivity contribution in [3.05, 3.63) is 18.1 Å². The fourth-order valence-electron chi connectivity index (χ4n) is 1.46. The van der Waals surface area contributed by atoms with Crippen molar-refractivity contribution in [1.82, 2.24) is 5.32 Å². The van der Waals surface area contributed by atoms with E-state index in [0.29, 0.717) is 11.5 Å². The van der Waals surface area contributed by atoms with Crippen molar-refractivity contribution in [2.24, 2.45) is 5.41 Å². The maximum absolute atomic E-state index is 5.27. The zero-order valence-corrected chi connectivity index (χ0v) is 11.1. The van der Waals surface area contributed by atoms with Crippen LogP contribution in [0.25, 0.3) is 0 Å². The van der Waals surface area contributed by atoms with E-state index in [-0.39, 0.29) is 0 Å². The molecule has 3 heteroatoms. The largest absolute Gasteiger partial charge is 0.468 e. The van der Waals surface area contributed by atoms with Gasteiger partial charge in [0.05, 0.1) is 6.26 Å². The molecule has 2 nitrogen and oxygen atoms in total. The molecule has 86 valence electrons. The molecule has 1 aromatic rings. The highest BCUT2D eigenvalue weighted by atomic mass is 32.2. The van der Waals surface area contributed by atoms with Crippen LogP contribution in [0.5, 0.6) is 0 Å². The van der Waals surface area contributed by atoms with Crippen LogP contribution in [0.3, 0.4) is 0 Å². The molecule has 0 aromatic carbocycles. The highest BCUT2D eigenvalue weighted by molar-refractivity contribution is 7.99. The Labute approximate surface area is 96.8 Å². The van der Waals surface area contributed by atoms with Crippen molar-refractivity contribution in [2.45, 2.75) is 38.6 Å². The maximum Gasteiger partial charge on any atom is 0.114 e. The normalized spacial score (nSPS) is 14.2. The summed E-state index contributed by atoms with van der Waals surface area (Å²) in [4.78, 5) is 1.25. The first-order chi connectivity index (χ1) is 6.95. The average Bonchev–Trinajstić information content (AvgIpc) is 2.50. The van der Waals surface area contributed by atoms with Crippen molar-refractivity contribution in [3.8, 4) is 0 Å². The lowest BCUT2D eigenvalue weighted by Gasteiger charge is -2.30. The summed E-state index contributed by atoms with van der Waals surface area (Å²) in [5.41, 5.74) is 0.291. The molecule has 0 amide bonds. The van der Waals surface area contributed by atoms with Gasteiger partial charge in [0.2, 0.25) is 0 Å². The van der Waals surface area contributed by atoms with E-state index in [1.807, 2.05) is 31.8 Å². The zero-order valence-electron chi connectivity index (χ0n) is 10.3. The predicted octanol–water partition coefficient (Wildman–Crippen LogP) is 3.31. The molecule has 1 N–H and O–H groups in total. The van der Waals surface area contributed by atoms with Crippen molar-refractivity contribution < 1.29 is 4.42 Å². The molecule has 0 saturated carbocycles. The predicted molar refractivity (Wildman–Crippen MR) is 66.5 cm³/mol. The highest BCUT2D eigenvalue weighted by Crippen LogP contribution is 2.28. The third-order valence-corrected chi connectivity index (χ3v) is 3.85. The van der Waals surface area contributed by atoms with Crippen molar-refractivity contribution >= 4 is 11.8 Å². The number of hydrogen-bond acceptors (Lipinski definition) is 3. The summed E-state index contributed by atoms with van der Waals surface area (Å²) < 4.78 is 5.27. The molecule has 0 aliphatic carbocycles. The molecular weight excluding hydrogens is 206 g/mol. The Bertz CT molecular complexity index is 301. The summed E-state index contributed by atoms with van der Waals surface area (Å²) in [6.45, 7) is 8.79. The fraction of sp³-hybridized carbons (Fsp3) is 0.667. The van der Waals surface area contributed by atoms with E-state index in [2.05, 4.69) is 26.1 Å².